The van der Waals surface area contributed by atoms with E-state index in [1.807, 2.05) is 12.4 Å². The zero-order chi connectivity index (χ0) is 12.7. The Bertz CT molecular complexity index is 325. The third kappa shape index (κ3) is 4.44. The largest absolute Gasteiger partial charge is 0.330 e. The van der Waals surface area contributed by atoms with Crippen LogP contribution in [0.4, 0.5) is 0 Å². The molecular formula is C14H25N3. The summed E-state index contributed by atoms with van der Waals surface area (Å²) in [6.07, 6.45) is 7.17. The van der Waals surface area contributed by atoms with Gasteiger partial charge < -0.3 is 5.73 Å². The maximum Gasteiger partial charge on any atom is 0.0332 e. The molecule has 0 fully saturated rings. The summed E-state index contributed by atoms with van der Waals surface area (Å²) in [7, 11) is 2.17. The van der Waals surface area contributed by atoms with E-state index in [0.717, 1.165) is 25.9 Å². The van der Waals surface area contributed by atoms with Crippen molar-refractivity contribution in [3.63, 3.8) is 0 Å². The molecule has 0 spiro atoms. The summed E-state index contributed by atoms with van der Waals surface area (Å²) >= 11 is 0. The van der Waals surface area contributed by atoms with Crippen LogP contribution >= 0.6 is 0 Å². The van der Waals surface area contributed by atoms with Gasteiger partial charge in [-0.05, 0) is 57.5 Å². The van der Waals surface area contributed by atoms with Gasteiger partial charge in [0.15, 0.2) is 0 Å². The Morgan fingerprint density at radius 1 is 1.41 bits per heavy atom. The van der Waals surface area contributed by atoms with Gasteiger partial charge in [0, 0.05) is 18.4 Å². The monoisotopic (exact) mass is 235 g/mol. The molecule has 1 atom stereocenters. The van der Waals surface area contributed by atoms with E-state index in [9.17, 15) is 0 Å². The Labute approximate surface area is 105 Å². The quantitative estimate of drug-likeness (QED) is 0.789. The number of rotatable bonds is 7. The van der Waals surface area contributed by atoms with Crippen LogP contribution in [0.5, 0.6) is 0 Å². The third-order valence-electron chi connectivity index (χ3n) is 3.21. The minimum atomic E-state index is 0.431. The topological polar surface area (TPSA) is 42.2 Å². The van der Waals surface area contributed by atoms with E-state index in [1.165, 1.54) is 17.5 Å². The zero-order valence-electron chi connectivity index (χ0n) is 11.3. The number of nitrogens with two attached hydrogens (primary N) is 1. The highest BCUT2D eigenvalue weighted by Crippen LogP contribution is 2.19. The number of aryl methyl sites for hydroxylation is 1. The summed E-state index contributed by atoms with van der Waals surface area (Å²) in [5.41, 5.74) is 8.13. The SMILES string of the molecule is CCCN(C)[C@@H](C)c1cncc(CCCN)c1. The molecule has 0 amide bonds. The fraction of sp³-hybridized carbons (Fsp3) is 0.643. The van der Waals surface area contributed by atoms with Crippen molar-refractivity contribution < 1.29 is 0 Å². The van der Waals surface area contributed by atoms with Crippen LogP contribution in [0.2, 0.25) is 0 Å². The Kier molecular flexibility index (Phi) is 6.16. The maximum atomic E-state index is 5.53. The third-order valence-corrected chi connectivity index (χ3v) is 3.21. The van der Waals surface area contributed by atoms with Gasteiger partial charge in [-0.1, -0.05) is 13.0 Å². The van der Waals surface area contributed by atoms with Gasteiger partial charge in [-0.2, -0.15) is 0 Å². The number of hydrogen-bond donors (Lipinski definition) is 1. The maximum absolute atomic E-state index is 5.53. The molecule has 0 aliphatic heterocycles. The highest BCUT2D eigenvalue weighted by atomic mass is 15.1. The zero-order valence-corrected chi connectivity index (χ0v) is 11.3. The van der Waals surface area contributed by atoms with Crippen molar-refractivity contribution in [2.75, 3.05) is 20.1 Å². The van der Waals surface area contributed by atoms with Crippen molar-refractivity contribution in [1.29, 1.82) is 0 Å². The van der Waals surface area contributed by atoms with Crippen LogP contribution in [-0.2, 0) is 6.42 Å². The van der Waals surface area contributed by atoms with E-state index < -0.39 is 0 Å². The standard InChI is InChI=1S/C14H25N3/c1-4-8-17(3)12(2)14-9-13(6-5-7-15)10-16-11-14/h9-12H,4-8,15H2,1-3H3/t12-/m0/s1. The van der Waals surface area contributed by atoms with Gasteiger partial charge in [0.1, 0.15) is 0 Å². The van der Waals surface area contributed by atoms with E-state index in [1.54, 1.807) is 0 Å². The molecule has 0 saturated heterocycles. The van der Waals surface area contributed by atoms with Gasteiger partial charge in [0.25, 0.3) is 0 Å². The lowest BCUT2D eigenvalue weighted by molar-refractivity contribution is 0.261. The van der Waals surface area contributed by atoms with Crippen LogP contribution in [0.3, 0.4) is 0 Å². The fourth-order valence-corrected chi connectivity index (χ4v) is 1.98. The fourth-order valence-electron chi connectivity index (χ4n) is 1.98. The van der Waals surface area contributed by atoms with Crippen molar-refractivity contribution in [1.82, 2.24) is 9.88 Å². The average molecular weight is 235 g/mol. The molecule has 0 aliphatic carbocycles. The van der Waals surface area contributed by atoms with Crippen LogP contribution in [-0.4, -0.2) is 30.0 Å². The first-order valence-corrected chi connectivity index (χ1v) is 6.53. The second-order valence-electron chi connectivity index (χ2n) is 4.68. The Hall–Kier alpha value is -0.930. The van der Waals surface area contributed by atoms with Crippen LogP contribution in [0.15, 0.2) is 18.5 Å². The van der Waals surface area contributed by atoms with Crippen LogP contribution in [0.1, 0.15) is 43.9 Å². The van der Waals surface area contributed by atoms with Gasteiger partial charge in [-0.25, -0.2) is 0 Å². The normalized spacial score (nSPS) is 13.0. The van der Waals surface area contributed by atoms with Gasteiger partial charge in [0.05, 0.1) is 0 Å². The molecule has 0 bridgehead atoms. The molecule has 0 radical (unpaired) electrons. The van der Waals surface area contributed by atoms with Crippen molar-refractivity contribution in [3.8, 4) is 0 Å². The predicted octanol–water partition coefficient (Wildman–Crippen LogP) is 2.38. The van der Waals surface area contributed by atoms with Crippen molar-refractivity contribution in [3.05, 3.63) is 29.6 Å². The van der Waals surface area contributed by atoms with Crippen molar-refractivity contribution in [2.24, 2.45) is 5.73 Å². The summed E-state index contributed by atoms with van der Waals surface area (Å²) in [6, 6.07) is 2.69. The molecule has 0 aromatic carbocycles. The van der Waals surface area contributed by atoms with Crippen molar-refractivity contribution in [2.45, 2.75) is 39.2 Å². The molecule has 96 valence electrons. The Morgan fingerprint density at radius 2 is 2.18 bits per heavy atom. The molecule has 3 heteroatoms. The van der Waals surface area contributed by atoms with E-state index in [4.69, 9.17) is 5.73 Å². The molecule has 17 heavy (non-hydrogen) atoms. The lowest BCUT2D eigenvalue weighted by Gasteiger charge is -2.24. The molecule has 1 aromatic heterocycles. The van der Waals surface area contributed by atoms with E-state index >= 15 is 0 Å². The van der Waals surface area contributed by atoms with Crippen molar-refractivity contribution >= 4 is 0 Å². The summed E-state index contributed by atoms with van der Waals surface area (Å²) < 4.78 is 0. The average Bonchev–Trinajstić information content (AvgIpc) is 2.36. The molecule has 3 nitrogen and oxygen atoms in total. The first-order valence-electron chi connectivity index (χ1n) is 6.53. The predicted molar refractivity (Wildman–Crippen MR) is 72.9 cm³/mol. The number of nitrogens with zero attached hydrogens (tertiary/aromatic N) is 2. The van der Waals surface area contributed by atoms with Gasteiger partial charge >= 0.3 is 0 Å². The van der Waals surface area contributed by atoms with E-state index in [-0.39, 0.29) is 0 Å². The summed E-state index contributed by atoms with van der Waals surface area (Å²) in [5, 5.41) is 0. The molecule has 1 aromatic rings. The van der Waals surface area contributed by atoms with E-state index in [0.29, 0.717) is 6.04 Å². The molecule has 2 N–H and O–H groups in total. The molecular weight excluding hydrogens is 210 g/mol. The molecule has 1 rings (SSSR count). The summed E-state index contributed by atoms with van der Waals surface area (Å²) in [4.78, 5) is 6.70. The number of hydrogen-bond acceptors (Lipinski definition) is 3. The van der Waals surface area contributed by atoms with Crippen LogP contribution in [0.25, 0.3) is 0 Å². The van der Waals surface area contributed by atoms with Gasteiger partial charge in [-0.15, -0.1) is 0 Å². The molecule has 0 saturated carbocycles. The summed E-state index contributed by atoms with van der Waals surface area (Å²) in [5.74, 6) is 0. The lowest BCUT2D eigenvalue weighted by atomic mass is 10.0. The first kappa shape index (κ1) is 14.1. The minimum Gasteiger partial charge on any atom is -0.330 e. The van der Waals surface area contributed by atoms with E-state index in [2.05, 4.69) is 36.8 Å². The van der Waals surface area contributed by atoms with Crippen LogP contribution < -0.4 is 5.73 Å². The summed E-state index contributed by atoms with van der Waals surface area (Å²) in [6.45, 7) is 6.31. The highest BCUT2D eigenvalue weighted by molar-refractivity contribution is 5.21. The van der Waals surface area contributed by atoms with Gasteiger partial charge in [-0.3, -0.25) is 9.88 Å². The molecule has 0 aliphatic rings. The van der Waals surface area contributed by atoms with Gasteiger partial charge in [0.2, 0.25) is 0 Å². The Balaban J connectivity index is 2.69. The van der Waals surface area contributed by atoms with Crippen LogP contribution in [0, 0.1) is 0 Å². The molecule has 1 heterocycles. The lowest BCUT2D eigenvalue weighted by Crippen LogP contribution is -2.23. The Morgan fingerprint density at radius 3 is 2.82 bits per heavy atom. The number of aromatic nitrogens is 1. The highest BCUT2D eigenvalue weighted by Gasteiger charge is 2.11. The second kappa shape index (κ2) is 7.41. The second-order valence-corrected chi connectivity index (χ2v) is 4.68. The number of pyridine rings is 1. The smallest absolute Gasteiger partial charge is 0.0332 e. The molecule has 0 unspecified atom stereocenters. The minimum absolute atomic E-state index is 0.431. The first-order chi connectivity index (χ1) is 8.19.